The van der Waals surface area contributed by atoms with Crippen LogP contribution in [0, 0.1) is 39.9 Å². The number of allylic oxidation sites excluding steroid dienone is 2. The molecular formula is C26H35NO4. The summed E-state index contributed by atoms with van der Waals surface area (Å²) in [6, 6.07) is 2.35. The van der Waals surface area contributed by atoms with Gasteiger partial charge in [-0.3, -0.25) is 9.59 Å². The summed E-state index contributed by atoms with van der Waals surface area (Å²) in [7, 11) is 0. The van der Waals surface area contributed by atoms with Gasteiger partial charge in [0.2, 0.25) is 0 Å². The van der Waals surface area contributed by atoms with E-state index in [0.717, 1.165) is 44.9 Å². The van der Waals surface area contributed by atoms with Crippen LogP contribution in [0.25, 0.3) is 0 Å². The van der Waals surface area contributed by atoms with E-state index < -0.39 is 0 Å². The Kier molecular flexibility index (Phi) is 5.79. The van der Waals surface area contributed by atoms with Crippen molar-refractivity contribution in [3.8, 4) is 6.07 Å². The van der Waals surface area contributed by atoms with Crippen molar-refractivity contribution in [2.75, 3.05) is 6.61 Å². The molecule has 0 bridgehead atoms. The molecule has 0 spiro atoms. The Morgan fingerprint density at radius 3 is 2.48 bits per heavy atom. The fourth-order valence-electron chi connectivity index (χ4n) is 7.63. The Balaban J connectivity index is 1.58. The third-order valence-corrected chi connectivity index (χ3v) is 9.09. The van der Waals surface area contributed by atoms with Crippen molar-refractivity contribution in [3.63, 3.8) is 0 Å². The maximum absolute atomic E-state index is 11.4. The van der Waals surface area contributed by atoms with Crippen LogP contribution in [0.15, 0.2) is 22.8 Å². The molecule has 6 atom stereocenters. The second-order valence-electron chi connectivity index (χ2n) is 10.6. The van der Waals surface area contributed by atoms with Crippen LogP contribution in [0.5, 0.6) is 0 Å². The molecule has 0 aliphatic heterocycles. The lowest BCUT2D eigenvalue weighted by atomic mass is 9.47. The summed E-state index contributed by atoms with van der Waals surface area (Å²) in [5.74, 6) is 1.34. The van der Waals surface area contributed by atoms with Gasteiger partial charge in [0.1, 0.15) is 12.7 Å². The van der Waals surface area contributed by atoms with Crippen LogP contribution >= 0.6 is 0 Å². The van der Waals surface area contributed by atoms with Gasteiger partial charge in [0.05, 0.1) is 11.6 Å². The van der Waals surface area contributed by atoms with Gasteiger partial charge in [0, 0.05) is 20.3 Å². The van der Waals surface area contributed by atoms with Crippen LogP contribution in [0.2, 0.25) is 0 Å². The highest BCUT2D eigenvalue weighted by molar-refractivity contribution is 5.66. The molecule has 0 unspecified atom stereocenters. The number of rotatable bonds is 3. The second-order valence-corrected chi connectivity index (χ2v) is 10.6. The Bertz CT molecular complexity index is 880. The van der Waals surface area contributed by atoms with E-state index in [1.807, 2.05) is 0 Å². The standard InChI is InChI=1S/C26H35NO4/c1-16(28)30-15-18(14-27)22-7-8-23-21-6-5-19-13-20(31-17(2)29)9-11-25(19,3)24(21)10-12-26(22,23)4/h5,20-21,23-24H,6-13,15H2,1-4H3/b22-18+/t20-,21-,23-,24-,25+,26-/m1/s1. The largest absolute Gasteiger partial charge is 0.462 e. The molecule has 0 N–H and O–H groups in total. The first-order chi connectivity index (χ1) is 14.7. The highest BCUT2D eigenvalue weighted by atomic mass is 16.5. The van der Waals surface area contributed by atoms with Gasteiger partial charge < -0.3 is 9.47 Å². The fourth-order valence-corrected chi connectivity index (χ4v) is 7.63. The molecule has 4 aliphatic rings. The number of esters is 2. The summed E-state index contributed by atoms with van der Waals surface area (Å²) in [6.07, 6.45) is 10.8. The number of ether oxygens (including phenoxy) is 2. The van der Waals surface area contributed by atoms with E-state index in [9.17, 15) is 14.9 Å². The molecule has 0 amide bonds. The summed E-state index contributed by atoms with van der Waals surface area (Å²) in [5.41, 5.74) is 3.62. The summed E-state index contributed by atoms with van der Waals surface area (Å²) in [5, 5.41) is 9.77. The molecule has 0 heterocycles. The van der Waals surface area contributed by atoms with Gasteiger partial charge in [0.25, 0.3) is 0 Å². The predicted molar refractivity (Wildman–Crippen MR) is 117 cm³/mol. The Hall–Kier alpha value is -2.09. The number of carbonyl (C=O) groups is 2. The molecule has 4 rings (SSSR count). The van der Waals surface area contributed by atoms with Crippen molar-refractivity contribution in [1.82, 2.24) is 0 Å². The average Bonchev–Trinajstić information content (AvgIpc) is 3.05. The molecule has 0 aromatic heterocycles. The number of nitrogens with zero attached hydrogens (tertiary/aromatic N) is 1. The molecule has 0 aromatic rings. The van der Waals surface area contributed by atoms with Crippen molar-refractivity contribution in [3.05, 3.63) is 22.8 Å². The molecule has 168 valence electrons. The lowest BCUT2D eigenvalue weighted by Gasteiger charge is -2.57. The Morgan fingerprint density at radius 2 is 1.81 bits per heavy atom. The SMILES string of the molecule is CC(=O)OC/C(C#N)=C1\CC[C@@H]2[C@H]3CC=C4C[C@H](OC(C)=O)CC[C@]4(C)[C@@H]3CC[C@]12C. The van der Waals surface area contributed by atoms with Crippen LogP contribution in [0.3, 0.4) is 0 Å². The first-order valence-electron chi connectivity index (χ1n) is 11.8. The van der Waals surface area contributed by atoms with Crippen LogP contribution in [0.4, 0.5) is 0 Å². The maximum Gasteiger partial charge on any atom is 0.302 e. The minimum Gasteiger partial charge on any atom is -0.462 e. The number of hydrogen-bond acceptors (Lipinski definition) is 5. The predicted octanol–water partition coefficient (Wildman–Crippen LogP) is 5.26. The van der Waals surface area contributed by atoms with Gasteiger partial charge in [0.15, 0.2) is 0 Å². The van der Waals surface area contributed by atoms with E-state index in [1.165, 1.54) is 31.4 Å². The quantitative estimate of drug-likeness (QED) is 0.350. The van der Waals surface area contributed by atoms with Crippen molar-refractivity contribution >= 4 is 11.9 Å². The monoisotopic (exact) mass is 425 g/mol. The lowest BCUT2D eigenvalue weighted by Crippen LogP contribution is -2.49. The Morgan fingerprint density at radius 1 is 1.10 bits per heavy atom. The molecular weight excluding hydrogens is 390 g/mol. The topological polar surface area (TPSA) is 76.4 Å². The van der Waals surface area contributed by atoms with Gasteiger partial charge >= 0.3 is 11.9 Å². The second kappa shape index (κ2) is 8.11. The maximum atomic E-state index is 11.4. The molecule has 0 saturated heterocycles. The highest BCUT2D eigenvalue weighted by Gasteiger charge is 2.57. The summed E-state index contributed by atoms with van der Waals surface area (Å²) in [4.78, 5) is 22.7. The van der Waals surface area contributed by atoms with E-state index in [2.05, 4.69) is 26.0 Å². The van der Waals surface area contributed by atoms with Crippen LogP contribution in [-0.4, -0.2) is 24.6 Å². The van der Waals surface area contributed by atoms with Crippen LogP contribution in [0.1, 0.15) is 79.1 Å². The smallest absolute Gasteiger partial charge is 0.302 e. The number of carbonyl (C=O) groups excluding carboxylic acids is 2. The zero-order valence-corrected chi connectivity index (χ0v) is 19.3. The molecule has 4 aliphatic carbocycles. The zero-order chi connectivity index (χ0) is 22.4. The van der Waals surface area contributed by atoms with Gasteiger partial charge in [-0.05, 0) is 79.1 Å². The molecule has 31 heavy (non-hydrogen) atoms. The third-order valence-electron chi connectivity index (χ3n) is 9.09. The number of fused-ring (bicyclic) bond motifs is 5. The van der Waals surface area contributed by atoms with E-state index in [-0.39, 0.29) is 35.5 Å². The minimum atomic E-state index is -0.334. The van der Waals surface area contributed by atoms with Crippen molar-refractivity contribution in [1.29, 1.82) is 5.26 Å². The number of nitriles is 1. The summed E-state index contributed by atoms with van der Waals surface area (Å²) >= 11 is 0. The van der Waals surface area contributed by atoms with Crippen molar-refractivity contribution in [2.24, 2.45) is 28.6 Å². The highest BCUT2D eigenvalue weighted by Crippen LogP contribution is 2.66. The van der Waals surface area contributed by atoms with Crippen molar-refractivity contribution in [2.45, 2.75) is 85.2 Å². The minimum absolute atomic E-state index is 0.0303. The van der Waals surface area contributed by atoms with E-state index in [4.69, 9.17) is 9.47 Å². The first kappa shape index (κ1) is 22.1. The molecule has 5 heteroatoms. The Labute approximate surface area is 185 Å². The van der Waals surface area contributed by atoms with E-state index in [1.54, 1.807) is 0 Å². The van der Waals surface area contributed by atoms with Gasteiger partial charge in [-0.15, -0.1) is 0 Å². The zero-order valence-electron chi connectivity index (χ0n) is 19.3. The molecule has 0 aromatic carbocycles. The van der Waals surface area contributed by atoms with E-state index in [0.29, 0.717) is 23.3 Å². The molecule has 0 radical (unpaired) electrons. The molecule has 3 fully saturated rings. The summed E-state index contributed by atoms with van der Waals surface area (Å²) in [6.45, 7) is 7.79. The van der Waals surface area contributed by atoms with Gasteiger partial charge in [-0.2, -0.15) is 5.26 Å². The van der Waals surface area contributed by atoms with E-state index >= 15 is 0 Å². The number of hydrogen-bond donors (Lipinski definition) is 0. The summed E-state index contributed by atoms with van der Waals surface area (Å²) < 4.78 is 10.7. The van der Waals surface area contributed by atoms with Crippen LogP contribution < -0.4 is 0 Å². The molecule has 5 nitrogen and oxygen atoms in total. The average molecular weight is 426 g/mol. The lowest BCUT2D eigenvalue weighted by molar-refractivity contribution is -0.148. The van der Waals surface area contributed by atoms with Gasteiger partial charge in [-0.25, -0.2) is 0 Å². The third kappa shape index (κ3) is 3.73. The normalized spacial score (nSPS) is 40.4. The molecule has 3 saturated carbocycles. The van der Waals surface area contributed by atoms with Gasteiger partial charge in [-0.1, -0.05) is 25.5 Å². The fraction of sp³-hybridized carbons (Fsp3) is 0.731. The first-order valence-corrected chi connectivity index (χ1v) is 11.8. The van der Waals surface area contributed by atoms with Crippen molar-refractivity contribution < 1.29 is 19.1 Å². The van der Waals surface area contributed by atoms with Crippen LogP contribution in [-0.2, 0) is 19.1 Å².